The van der Waals surface area contributed by atoms with Gasteiger partial charge in [-0.1, -0.05) is 24.3 Å². The van der Waals surface area contributed by atoms with Gasteiger partial charge in [-0.15, -0.1) is 0 Å². The van der Waals surface area contributed by atoms with Gasteiger partial charge in [0.1, 0.15) is 23.3 Å². The molecule has 0 aliphatic heterocycles. The van der Waals surface area contributed by atoms with Crippen LogP contribution in [-0.4, -0.2) is 46.2 Å². The number of fused-ring (bicyclic) bond motifs is 1. The SMILES string of the molecule is CCOC(=O)CNC(=O)[C@@H](c1c[nH]c2ccccc12)N(C(=O)c1snc(C(N)=O)c1N)c1cccc(F)c1. The number of amides is 3. The Morgan fingerprint density at radius 1 is 1.18 bits per heavy atom. The minimum absolute atomic E-state index is 0.0185. The van der Waals surface area contributed by atoms with Crippen molar-refractivity contribution in [2.45, 2.75) is 13.0 Å². The summed E-state index contributed by atoms with van der Waals surface area (Å²) in [5, 5.41) is 3.10. The van der Waals surface area contributed by atoms with Crippen molar-refractivity contribution in [2.75, 3.05) is 23.8 Å². The molecule has 0 unspecified atom stereocenters. The minimum atomic E-state index is -1.41. The number of nitrogens with zero attached hydrogens (tertiary/aromatic N) is 2. The van der Waals surface area contributed by atoms with Crippen molar-refractivity contribution in [1.29, 1.82) is 0 Å². The molecule has 2 aromatic heterocycles. The van der Waals surface area contributed by atoms with Gasteiger partial charge in [-0.25, -0.2) is 4.39 Å². The maximum Gasteiger partial charge on any atom is 0.325 e. The van der Waals surface area contributed by atoms with Crippen LogP contribution in [0.3, 0.4) is 0 Å². The number of para-hydroxylation sites is 1. The molecular weight excluding hydrogens is 515 g/mol. The number of esters is 1. The lowest BCUT2D eigenvalue weighted by Crippen LogP contribution is -2.45. The molecule has 196 valence electrons. The fourth-order valence-electron chi connectivity index (χ4n) is 3.93. The summed E-state index contributed by atoms with van der Waals surface area (Å²) in [5.74, 6) is -3.87. The van der Waals surface area contributed by atoms with E-state index in [1.54, 1.807) is 37.4 Å². The van der Waals surface area contributed by atoms with Crippen LogP contribution in [0.5, 0.6) is 0 Å². The summed E-state index contributed by atoms with van der Waals surface area (Å²) in [6, 6.07) is 10.7. The maximum absolute atomic E-state index is 14.4. The van der Waals surface area contributed by atoms with Crippen LogP contribution in [0.1, 0.15) is 38.7 Å². The Kier molecular flexibility index (Phi) is 7.67. The molecule has 1 atom stereocenters. The number of nitrogens with one attached hydrogen (secondary N) is 2. The van der Waals surface area contributed by atoms with Crippen molar-refractivity contribution in [1.82, 2.24) is 14.7 Å². The molecule has 0 saturated heterocycles. The summed E-state index contributed by atoms with van der Waals surface area (Å²) in [5.41, 5.74) is 11.8. The molecular formula is C25H23FN6O5S. The first kappa shape index (κ1) is 26.3. The molecule has 0 fully saturated rings. The van der Waals surface area contributed by atoms with Gasteiger partial charge in [0.25, 0.3) is 11.8 Å². The Labute approximate surface area is 219 Å². The van der Waals surface area contributed by atoms with Gasteiger partial charge in [-0.05, 0) is 42.7 Å². The molecule has 6 N–H and O–H groups in total. The van der Waals surface area contributed by atoms with Crippen molar-refractivity contribution in [3.8, 4) is 0 Å². The minimum Gasteiger partial charge on any atom is -0.465 e. The summed E-state index contributed by atoms with van der Waals surface area (Å²) in [7, 11) is 0. The summed E-state index contributed by atoms with van der Waals surface area (Å²) in [6.45, 7) is 1.27. The summed E-state index contributed by atoms with van der Waals surface area (Å²) in [6.07, 6.45) is 1.55. The topological polar surface area (TPSA) is 174 Å². The third kappa shape index (κ3) is 5.18. The van der Waals surface area contributed by atoms with Gasteiger partial charge in [-0.2, -0.15) is 4.37 Å². The zero-order valence-electron chi connectivity index (χ0n) is 20.1. The number of H-pyrrole nitrogens is 1. The number of carbonyl (C=O) groups excluding carboxylic acids is 4. The average molecular weight is 539 g/mol. The van der Waals surface area contributed by atoms with Crippen molar-refractivity contribution >= 4 is 57.5 Å². The van der Waals surface area contributed by atoms with E-state index in [1.807, 2.05) is 0 Å². The molecule has 0 spiro atoms. The Bertz CT molecular complexity index is 1530. The van der Waals surface area contributed by atoms with Crippen LogP contribution in [0.25, 0.3) is 10.9 Å². The van der Waals surface area contributed by atoms with Crippen molar-refractivity contribution in [3.05, 3.63) is 76.7 Å². The van der Waals surface area contributed by atoms with E-state index in [1.165, 1.54) is 18.2 Å². The number of nitrogens with two attached hydrogens (primary N) is 2. The number of aromatic nitrogens is 2. The maximum atomic E-state index is 14.4. The summed E-state index contributed by atoms with van der Waals surface area (Å²) in [4.78, 5) is 55.3. The third-order valence-corrected chi connectivity index (χ3v) is 6.45. The van der Waals surface area contributed by atoms with Gasteiger partial charge in [0.15, 0.2) is 5.69 Å². The highest BCUT2D eigenvalue weighted by molar-refractivity contribution is 7.09. The van der Waals surface area contributed by atoms with Crippen LogP contribution < -0.4 is 21.7 Å². The first-order valence-corrected chi connectivity index (χ1v) is 12.1. The number of hydrogen-bond donors (Lipinski definition) is 4. The van der Waals surface area contributed by atoms with E-state index < -0.39 is 42.1 Å². The molecule has 0 saturated carbocycles. The van der Waals surface area contributed by atoms with Crippen molar-refractivity contribution < 1.29 is 28.3 Å². The molecule has 4 rings (SSSR count). The number of rotatable bonds is 9. The highest BCUT2D eigenvalue weighted by Gasteiger charge is 2.37. The zero-order valence-corrected chi connectivity index (χ0v) is 20.9. The molecule has 11 nitrogen and oxygen atoms in total. The fourth-order valence-corrected chi connectivity index (χ4v) is 4.68. The van der Waals surface area contributed by atoms with Crippen molar-refractivity contribution in [2.24, 2.45) is 5.73 Å². The zero-order chi connectivity index (χ0) is 27.4. The second-order valence-corrected chi connectivity index (χ2v) is 8.78. The van der Waals surface area contributed by atoms with E-state index in [4.69, 9.17) is 16.2 Å². The largest absolute Gasteiger partial charge is 0.465 e. The number of halogens is 1. The number of hydrogen-bond acceptors (Lipinski definition) is 8. The number of ether oxygens (including phenoxy) is 1. The predicted octanol–water partition coefficient (Wildman–Crippen LogP) is 2.51. The molecule has 0 radical (unpaired) electrons. The Hall–Kier alpha value is -4.78. The van der Waals surface area contributed by atoms with Gasteiger partial charge in [-0.3, -0.25) is 24.1 Å². The second-order valence-electron chi connectivity index (χ2n) is 8.01. The standard InChI is InChI=1S/C25H23FN6O5S/c1-2-37-18(33)12-30-24(35)21(16-11-29-17-9-4-3-8-15(16)17)32(14-7-5-6-13(26)10-14)25(36)22-19(27)20(23(28)34)31-38-22/h3-11,21,29H,2,12,27H2,1H3,(H2,28,34)(H,30,35)/t21-/m1/s1. The molecule has 2 heterocycles. The van der Waals surface area contributed by atoms with Crippen LogP contribution in [-0.2, 0) is 14.3 Å². The third-order valence-electron chi connectivity index (χ3n) is 5.60. The first-order valence-electron chi connectivity index (χ1n) is 11.4. The second kappa shape index (κ2) is 11.1. The molecule has 0 aliphatic rings. The fraction of sp³-hybridized carbons (Fsp3) is 0.160. The number of anilines is 2. The highest BCUT2D eigenvalue weighted by atomic mass is 32.1. The van der Waals surface area contributed by atoms with Crippen molar-refractivity contribution in [3.63, 3.8) is 0 Å². The van der Waals surface area contributed by atoms with E-state index in [0.29, 0.717) is 28.0 Å². The Morgan fingerprint density at radius 2 is 1.95 bits per heavy atom. The number of nitrogen functional groups attached to an aromatic ring is 1. The highest BCUT2D eigenvalue weighted by Crippen LogP contribution is 2.36. The molecule has 13 heteroatoms. The predicted molar refractivity (Wildman–Crippen MR) is 139 cm³/mol. The van der Waals surface area contributed by atoms with Gasteiger partial charge >= 0.3 is 5.97 Å². The van der Waals surface area contributed by atoms with Gasteiger partial charge in [0, 0.05) is 28.4 Å². The van der Waals surface area contributed by atoms with Crippen LogP contribution in [0.2, 0.25) is 0 Å². The van der Waals surface area contributed by atoms with Crippen LogP contribution >= 0.6 is 11.5 Å². The first-order chi connectivity index (χ1) is 18.2. The number of aromatic amines is 1. The van der Waals surface area contributed by atoms with E-state index in [2.05, 4.69) is 14.7 Å². The van der Waals surface area contributed by atoms with Crippen LogP contribution in [0.15, 0.2) is 54.7 Å². The Balaban J connectivity index is 1.89. The lowest BCUT2D eigenvalue weighted by Gasteiger charge is -2.31. The van der Waals surface area contributed by atoms with Gasteiger partial charge in [0.2, 0.25) is 5.91 Å². The molecule has 4 aromatic rings. The Morgan fingerprint density at radius 3 is 2.63 bits per heavy atom. The number of benzene rings is 2. The van der Waals surface area contributed by atoms with Crippen LogP contribution in [0, 0.1) is 5.82 Å². The molecule has 3 amide bonds. The lowest BCUT2D eigenvalue weighted by molar-refractivity contribution is -0.143. The van der Waals surface area contributed by atoms with Gasteiger partial charge < -0.3 is 26.5 Å². The van der Waals surface area contributed by atoms with Crippen LogP contribution in [0.4, 0.5) is 15.8 Å². The average Bonchev–Trinajstić information content (AvgIpc) is 3.49. The molecule has 2 aromatic carbocycles. The van der Waals surface area contributed by atoms with E-state index >= 15 is 0 Å². The van der Waals surface area contributed by atoms with E-state index in [-0.39, 0.29) is 28.6 Å². The quantitative estimate of drug-likeness (QED) is 0.237. The summed E-state index contributed by atoms with van der Waals surface area (Å²) < 4.78 is 23.2. The van der Waals surface area contributed by atoms with E-state index in [9.17, 15) is 23.6 Å². The number of carbonyl (C=O) groups is 4. The summed E-state index contributed by atoms with van der Waals surface area (Å²) >= 11 is 0.620. The molecule has 0 bridgehead atoms. The monoisotopic (exact) mass is 538 g/mol. The lowest BCUT2D eigenvalue weighted by atomic mass is 10.0. The molecule has 0 aliphatic carbocycles. The molecule has 38 heavy (non-hydrogen) atoms. The van der Waals surface area contributed by atoms with Gasteiger partial charge in [0.05, 0.1) is 12.3 Å². The smallest absolute Gasteiger partial charge is 0.325 e. The number of primary amides is 1. The van der Waals surface area contributed by atoms with E-state index in [0.717, 1.165) is 11.0 Å². The normalized spacial score (nSPS) is 11.6.